The summed E-state index contributed by atoms with van der Waals surface area (Å²) >= 11 is 6.40. The number of likely N-dealkylation sites (tertiary alicyclic amines) is 1. The minimum atomic E-state index is -4.73. The van der Waals surface area contributed by atoms with E-state index in [1.807, 2.05) is 0 Å². The summed E-state index contributed by atoms with van der Waals surface area (Å²) in [6, 6.07) is 3.84. The number of rotatable bonds is 8. The van der Waals surface area contributed by atoms with Crippen LogP contribution in [0.15, 0.2) is 43.2 Å². The lowest BCUT2D eigenvalue weighted by Gasteiger charge is -2.24. The Morgan fingerprint density at radius 3 is 2.52 bits per heavy atom. The number of piperidine rings is 1. The highest BCUT2D eigenvalue weighted by Crippen LogP contribution is 2.46. The minimum absolute atomic E-state index is 0.0408. The number of aliphatic hydroxyl groups excluding tert-OH is 1. The van der Waals surface area contributed by atoms with Crippen molar-refractivity contribution in [3.63, 3.8) is 0 Å². The molecule has 0 spiro atoms. The number of carbonyl (C=O) groups excluding carboxylic acids is 3. The molecule has 4 N–H and O–H groups in total. The summed E-state index contributed by atoms with van der Waals surface area (Å²) in [6.07, 6.45) is 0.882. The van der Waals surface area contributed by atoms with Crippen LogP contribution in [0, 0.1) is 11.8 Å². The molecule has 12 nitrogen and oxygen atoms in total. The maximum Gasteiger partial charge on any atom is 0.435 e. The second-order valence-electron chi connectivity index (χ2n) is 11.9. The first-order valence-electron chi connectivity index (χ1n) is 14.8. The summed E-state index contributed by atoms with van der Waals surface area (Å²) < 4.78 is 43.4. The van der Waals surface area contributed by atoms with E-state index in [1.165, 1.54) is 48.3 Å². The molecule has 3 aromatic rings. The summed E-state index contributed by atoms with van der Waals surface area (Å²) in [5.41, 5.74) is -0.851. The van der Waals surface area contributed by atoms with Gasteiger partial charge in [0.1, 0.15) is 0 Å². The number of aliphatic hydroxyl groups is 1. The number of anilines is 1. The SMILES string of the molecule is C=CCn1cc(-c2cnc(C(=O)Nc3ccc(C(=O)NC4[C@H]5CN(C(=O)N[C@@H]6CCC[C@H]6O)C[C@@H]45)c(Cl)c3)n2C)c(C(F)(F)F)n1. The number of fused-ring (bicyclic) bond motifs is 1. The molecule has 2 aliphatic carbocycles. The number of amides is 4. The van der Waals surface area contributed by atoms with Crippen molar-refractivity contribution in [2.24, 2.45) is 18.9 Å². The Kier molecular flexibility index (Phi) is 8.31. The third kappa shape index (κ3) is 6.08. The van der Waals surface area contributed by atoms with Crippen molar-refractivity contribution in [3.05, 3.63) is 65.4 Å². The normalized spacial score (nSPS) is 23.6. The monoisotopic (exact) mass is 660 g/mol. The Labute approximate surface area is 266 Å². The molecule has 0 bridgehead atoms. The molecule has 46 heavy (non-hydrogen) atoms. The van der Waals surface area contributed by atoms with E-state index in [4.69, 9.17) is 11.6 Å². The molecule has 0 radical (unpaired) electrons. The highest BCUT2D eigenvalue weighted by Gasteiger charge is 2.57. The van der Waals surface area contributed by atoms with E-state index in [9.17, 15) is 32.7 Å². The number of halogens is 4. The molecule has 1 aliphatic heterocycles. The topological polar surface area (TPSA) is 146 Å². The zero-order valence-electron chi connectivity index (χ0n) is 24.7. The Morgan fingerprint density at radius 1 is 1.15 bits per heavy atom. The lowest BCUT2D eigenvalue weighted by Crippen LogP contribution is -2.48. The fourth-order valence-electron chi connectivity index (χ4n) is 6.37. The predicted octanol–water partition coefficient (Wildman–Crippen LogP) is 3.68. The van der Waals surface area contributed by atoms with Gasteiger partial charge in [-0.25, -0.2) is 9.78 Å². The van der Waals surface area contributed by atoms with E-state index in [0.29, 0.717) is 19.5 Å². The number of imidazole rings is 1. The Balaban J connectivity index is 1.06. The van der Waals surface area contributed by atoms with Crippen molar-refractivity contribution in [1.29, 1.82) is 0 Å². The van der Waals surface area contributed by atoms with Crippen LogP contribution in [0.1, 0.15) is 45.9 Å². The molecule has 6 rings (SSSR count). The van der Waals surface area contributed by atoms with Gasteiger partial charge in [0, 0.05) is 49.9 Å². The highest BCUT2D eigenvalue weighted by molar-refractivity contribution is 6.34. The fourth-order valence-corrected chi connectivity index (χ4v) is 6.64. The van der Waals surface area contributed by atoms with Crippen LogP contribution in [-0.4, -0.2) is 78.5 Å². The third-order valence-corrected chi connectivity index (χ3v) is 9.17. The number of benzene rings is 1. The second kappa shape index (κ2) is 12.1. The minimum Gasteiger partial charge on any atom is -0.391 e. The largest absolute Gasteiger partial charge is 0.435 e. The average Bonchev–Trinajstić information content (AvgIpc) is 3.55. The van der Waals surface area contributed by atoms with Gasteiger partial charge in [0.05, 0.1) is 46.7 Å². The van der Waals surface area contributed by atoms with Gasteiger partial charge in [0.15, 0.2) is 11.5 Å². The van der Waals surface area contributed by atoms with Gasteiger partial charge in [-0.15, -0.1) is 6.58 Å². The van der Waals surface area contributed by atoms with Crippen LogP contribution in [0.2, 0.25) is 5.02 Å². The van der Waals surface area contributed by atoms with Gasteiger partial charge in [-0.2, -0.15) is 18.3 Å². The number of urea groups is 1. The van der Waals surface area contributed by atoms with Gasteiger partial charge in [-0.3, -0.25) is 14.3 Å². The Hall–Kier alpha value is -4.37. The van der Waals surface area contributed by atoms with Crippen LogP contribution >= 0.6 is 11.6 Å². The van der Waals surface area contributed by atoms with Gasteiger partial charge in [0.25, 0.3) is 11.8 Å². The number of hydrogen-bond acceptors (Lipinski definition) is 6. The lowest BCUT2D eigenvalue weighted by molar-refractivity contribution is -0.141. The summed E-state index contributed by atoms with van der Waals surface area (Å²) in [5.74, 6) is -0.979. The number of hydrogen-bond donors (Lipinski definition) is 4. The molecule has 244 valence electrons. The van der Waals surface area contributed by atoms with Crippen LogP contribution in [0.4, 0.5) is 23.7 Å². The molecule has 3 fully saturated rings. The van der Waals surface area contributed by atoms with Crippen molar-refractivity contribution in [2.75, 3.05) is 18.4 Å². The number of alkyl halides is 3. The lowest BCUT2D eigenvalue weighted by atomic mass is 10.2. The maximum atomic E-state index is 13.7. The third-order valence-electron chi connectivity index (χ3n) is 8.85. The van der Waals surface area contributed by atoms with E-state index in [0.717, 1.165) is 17.5 Å². The number of carbonyl (C=O) groups is 3. The summed E-state index contributed by atoms with van der Waals surface area (Å²) in [7, 11) is 1.42. The molecule has 3 heterocycles. The van der Waals surface area contributed by atoms with Crippen molar-refractivity contribution in [3.8, 4) is 11.3 Å². The van der Waals surface area contributed by atoms with E-state index in [1.54, 1.807) is 4.90 Å². The number of allylic oxidation sites excluding steroid dienone is 1. The van der Waals surface area contributed by atoms with Gasteiger partial charge < -0.3 is 30.5 Å². The quantitative estimate of drug-likeness (QED) is 0.271. The first-order valence-corrected chi connectivity index (χ1v) is 15.2. The van der Waals surface area contributed by atoms with Crippen LogP contribution < -0.4 is 16.0 Å². The Bertz CT molecular complexity index is 1690. The van der Waals surface area contributed by atoms with Crippen LogP contribution in [0.25, 0.3) is 11.3 Å². The van der Waals surface area contributed by atoms with Gasteiger partial charge in [-0.05, 0) is 37.5 Å². The summed E-state index contributed by atoms with van der Waals surface area (Å²) in [6.45, 7) is 4.60. The Morgan fingerprint density at radius 2 is 1.89 bits per heavy atom. The van der Waals surface area contributed by atoms with Crippen molar-refractivity contribution >= 4 is 35.1 Å². The average molecular weight is 661 g/mol. The van der Waals surface area contributed by atoms with Crippen LogP contribution in [0.3, 0.4) is 0 Å². The summed E-state index contributed by atoms with van der Waals surface area (Å²) in [5, 5.41) is 22.2. The molecule has 2 saturated carbocycles. The van der Waals surface area contributed by atoms with Crippen LogP contribution in [0.5, 0.6) is 0 Å². The first kappa shape index (κ1) is 31.6. The second-order valence-corrected chi connectivity index (χ2v) is 12.3. The molecule has 1 saturated heterocycles. The molecule has 16 heteroatoms. The van der Waals surface area contributed by atoms with Crippen LogP contribution in [-0.2, 0) is 19.8 Å². The molecular weight excluding hydrogens is 629 g/mol. The van der Waals surface area contributed by atoms with Gasteiger partial charge >= 0.3 is 12.2 Å². The van der Waals surface area contributed by atoms with Gasteiger partial charge in [-0.1, -0.05) is 17.7 Å². The van der Waals surface area contributed by atoms with E-state index in [-0.39, 0.29) is 69.9 Å². The van der Waals surface area contributed by atoms with E-state index < -0.39 is 29.8 Å². The number of aromatic nitrogens is 4. The first-order chi connectivity index (χ1) is 21.8. The van der Waals surface area contributed by atoms with E-state index >= 15 is 0 Å². The maximum absolute atomic E-state index is 13.7. The molecule has 4 amide bonds. The zero-order valence-corrected chi connectivity index (χ0v) is 25.5. The zero-order chi connectivity index (χ0) is 32.9. The molecule has 1 unspecified atom stereocenters. The van der Waals surface area contributed by atoms with Crippen molar-refractivity contribution < 1.29 is 32.7 Å². The molecule has 5 atom stereocenters. The standard InChI is InChI=1S/C30H32ClF3N8O4/c1-3-9-42-14-19(25(39-42)30(32,33)34)22-11-35-26(40(22)2)28(45)36-15-7-8-16(20(31)10-15)27(44)38-24-17-12-41(13-18(17)24)29(46)37-21-5-4-6-23(21)43/h3,7-8,10-11,14,17-18,21,23-24,43H,1,4-6,9,12-13H2,2H3,(H,36,45)(H,37,46)(H,38,44)/t17-,18+,21-,23-,24?/m1/s1. The van der Waals surface area contributed by atoms with Gasteiger partial charge in [0.2, 0.25) is 0 Å². The molecule has 1 aromatic carbocycles. The molecule has 3 aliphatic rings. The molecular formula is C30H32ClF3N8O4. The number of nitrogens with zero attached hydrogens (tertiary/aromatic N) is 5. The molecule has 2 aromatic heterocycles. The summed E-state index contributed by atoms with van der Waals surface area (Å²) in [4.78, 5) is 44.4. The fraction of sp³-hybridized carbons (Fsp3) is 0.433. The highest BCUT2D eigenvalue weighted by atomic mass is 35.5. The smallest absolute Gasteiger partial charge is 0.391 e. The van der Waals surface area contributed by atoms with Crippen molar-refractivity contribution in [2.45, 2.75) is 50.2 Å². The predicted molar refractivity (Wildman–Crippen MR) is 161 cm³/mol. The van der Waals surface area contributed by atoms with E-state index in [2.05, 4.69) is 32.6 Å². The van der Waals surface area contributed by atoms with Crippen molar-refractivity contribution in [1.82, 2.24) is 34.9 Å². The number of nitrogens with one attached hydrogen (secondary N) is 3.